The van der Waals surface area contributed by atoms with Gasteiger partial charge in [0.05, 0.1) is 0 Å². The molecule has 0 bridgehead atoms. The molecule has 0 spiro atoms. The fourth-order valence-corrected chi connectivity index (χ4v) is 1.30. The standard InChI is InChI=1S/C11H17N3/c1-8-4-5-10(6-9(8)2)7-11(13-3)14-12/h4-6H,7,12H2,1-3H3,(H,13,14). The molecule has 0 aromatic heterocycles. The van der Waals surface area contributed by atoms with Crippen LogP contribution in [0.15, 0.2) is 23.2 Å². The fraction of sp³-hybridized carbons (Fsp3) is 0.364. The van der Waals surface area contributed by atoms with E-state index >= 15 is 0 Å². The highest BCUT2D eigenvalue weighted by Gasteiger charge is 2.00. The van der Waals surface area contributed by atoms with E-state index in [4.69, 9.17) is 5.84 Å². The predicted molar refractivity (Wildman–Crippen MR) is 60.3 cm³/mol. The Kier molecular flexibility index (Phi) is 3.65. The lowest BCUT2D eigenvalue weighted by Gasteiger charge is -2.06. The molecule has 0 saturated heterocycles. The largest absolute Gasteiger partial charge is 0.312 e. The minimum Gasteiger partial charge on any atom is -0.312 e. The van der Waals surface area contributed by atoms with Gasteiger partial charge in [0.1, 0.15) is 5.84 Å². The summed E-state index contributed by atoms with van der Waals surface area (Å²) in [5.74, 6) is 6.12. The van der Waals surface area contributed by atoms with Crippen molar-refractivity contribution in [2.75, 3.05) is 7.05 Å². The Labute approximate surface area is 85.0 Å². The second kappa shape index (κ2) is 4.77. The maximum Gasteiger partial charge on any atom is 0.114 e. The molecule has 3 nitrogen and oxygen atoms in total. The van der Waals surface area contributed by atoms with Gasteiger partial charge in [-0.25, -0.2) is 5.84 Å². The predicted octanol–water partition coefficient (Wildman–Crippen LogP) is 1.34. The Morgan fingerprint density at radius 2 is 2.07 bits per heavy atom. The van der Waals surface area contributed by atoms with Crippen molar-refractivity contribution in [3.63, 3.8) is 0 Å². The number of nitrogens with zero attached hydrogens (tertiary/aromatic N) is 1. The molecule has 1 rings (SSSR count). The van der Waals surface area contributed by atoms with Crippen LogP contribution in [0.3, 0.4) is 0 Å². The molecule has 3 heteroatoms. The normalized spacial score (nSPS) is 11.6. The number of aryl methyl sites for hydroxylation is 2. The lowest BCUT2D eigenvalue weighted by molar-refractivity contribution is 0.980. The van der Waals surface area contributed by atoms with Gasteiger partial charge in [0.2, 0.25) is 0 Å². The molecule has 0 saturated carbocycles. The highest BCUT2D eigenvalue weighted by molar-refractivity contribution is 5.83. The number of nitrogens with two attached hydrogens (primary N) is 1. The molecular weight excluding hydrogens is 174 g/mol. The van der Waals surface area contributed by atoms with Crippen LogP contribution in [-0.4, -0.2) is 12.9 Å². The van der Waals surface area contributed by atoms with E-state index in [9.17, 15) is 0 Å². The highest BCUT2D eigenvalue weighted by Crippen LogP contribution is 2.10. The van der Waals surface area contributed by atoms with Crippen molar-refractivity contribution in [2.45, 2.75) is 20.3 Å². The molecule has 0 heterocycles. The molecule has 76 valence electrons. The van der Waals surface area contributed by atoms with E-state index in [0.717, 1.165) is 12.3 Å². The lowest BCUT2D eigenvalue weighted by atomic mass is 10.0. The minimum absolute atomic E-state index is 0.758. The first kappa shape index (κ1) is 10.7. The molecule has 0 fully saturated rings. The number of rotatable bonds is 2. The molecule has 1 aromatic carbocycles. The number of nitrogens with one attached hydrogen (secondary N) is 1. The third-order valence-corrected chi connectivity index (χ3v) is 2.38. The first-order chi connectivity index (χ1) is 6.67. The van der Waals surface area contributed by atoms with E-state index in [1.165, 1.54) is 16.7 Å². The van der Waals surface area contributed by atoms with Gasteiger partial charge in [0.15, 0.2) is 0 Å². The Morgan fingerprint density at radius 1 is 1.36 bits per heavy atom. The summed E-state index contributed by atoms with van der Waals surface area (Å²) in [5, 5.41) is 0. The van der Waals surface area contributed by atoms with Gasteiger partial charge < -0.3 is 5.43 Å². The number of amidine groups is 1. The molecule has 1 aromatic rings. The van der Waals surface area contributed by atoms with Crippen molar-refractivity contribution in [1.82, 2.24) is 5.43 Å². The third kappa shape index (κ3) is 2.57. The van der Waals surface area contributed by atoms with Gasteiger partial charge in [0.25, 0.3) is 0 Å². The SMILES string of the molecule is CN=C(Cc1ccc(C)c(C)c1)NN. The van der Waals surface area contributed by atoms with Gasteiger partial charge in [-0.15, -0.1) is 0 Å². The fourth-order valence-electron chi connectivity index (χ4n) is 1.30. The van der Waals surface area contributed by atoms with Crippen LogP contribution in [0.4, 0.5) is 0 Å². The maximum atomic E-state index is 5.32. The summed E-state index contributed by atoms with van der Waals surface area (Å²) < 4.78 is 0. The van der Waals surface area contributed by atoms with Gasteiger partial charge in [-0.3, -0.25) is 4.99 Å². The van der Waals surface area contributed by atoms with E-state index in [-0.39, 0.29) is 0 Å². The summed E-state index contributed by atoms with van der Waals surface area (Å²) in [6.07, 6.45) is 0.758. The van der Waals surface area contributed by atoms with E-state index in [0.29, 0.717) is 0 Å². The summed E-state index contributed by atoms with van der Waals surface area (Å²) in [4.78, 5) is 4.03. The first-order valence-corrected chi connectivity index (χ1v) is 4.65. The van der Waals surface area contributed by atoms with E-state index < -0.39 is 0 Å². The van der Waals surface area contributed by atoms with E-state index in [1.807, 2.05) is 0 Å². The van der Waals surface area contributed by atoms with Crippen LogP contribution >= 0.6 is 0 Å². The van der Waals surface area contributed by atoms with Crippen LogP contribution in [0.25, 0.3) is 0 Å². The van der Waals surface area contributed by atoms with Crippen molar-refractivity contribution in [2.24, 2.45) is 10.8 Å². The quantitative estimate of drug-likeness (QED) is 0.321. The number of benzene rings is 1. The summed E-state index contributed by atoms with van der Waals surface area (Å²) >= 11 is 0. The Morgan fingerprint density at radius 3 is 2.57 bits per heavy atom. The third-order valence-electron chi connectivity index (χ3n) is 2.38. The average molecular weight is 191 g/mol. The lowest BCUT2D eigenvalue weighted by Crippen LogP contribution is -2.31. The minimum atomic E-state index is 0.758. The highest BCUT2D eigenvalue weighted by atomic mass is 15.2. The van der Waals surface area contributed by atoms with Gasteiger partial charge in [0, 0.05) is 13.5 Å². The zero-order valence-corrected chi connectivity index (χ0v) is 8.96. The molecule has 0 atom stereocenters. The molecule has 3 N–H and O–H groups in total. The molecule has 0 aliphatic rings. The van der Waals surface area contributed by atoms with Crippen LogP contribution < -0.4 is 11.3 Å². The zero-order valence-electron chi connectivity index (χ0n) is 8.96. The van der Waals surface area contributed by atoms with Crippen LogP contribution in [-0.2, 0) is 6.42 Å². The molecule has 14 heavy (non-hydrogen) atoms. The van der Waals surface area contributed by atoms with Crippen LogP contribution in [0.5, 0.6) is 0 Å². The topological polar surface area (TPSA) is 50.4 Å². The van der Waals surface area contributed by atoms with Crippen LogP contribution in [0.2, 0.25) is 0 Å². The summed E-state index contributed by atoms with van der Waals surface area (Å²) in [6, 6.07) is 6.39. The number of hydrogen-bond donors (Lipinski definition) is 2. The summed E-state index contributed by atoms with van der Waals surface area (Å²) in [5.41, 5.74) is 6.42. The van der Waals surface area contributed by atoms with Gasteiger partial charge >= 0.3 is 0 Å². The Bertz CT molecular complexity index is 342. The smallest absolute Gasteiger partial charge is 0.114 e. The summed E-state index contributed by atoms with van der Waals surface area (Å²) in [6.45, 7) is 4.21. The van der Waals surface area contributed by atoms with Crippen molar-refractivity contribution < 1.29 is 0 Å². The Balaban J connectivity index is 2.82. The maximum absolute atomic E-state index is 5.32. The van der Waals surface area contributed by atoms with Gasteiger partial charge in [-0.2, -0.15) is 0 Å². The molecule has 0 aliphatic heterocycles. The number of hydrazine groups is 1. The van der Waals surface area contributed by atoms with Crippen LogP contribution in [0, 0.1) is 13.8 Å². The van der Waals surface area contributed by atoms with Crippen molar-refractivity contribution in [3.05, 3.63) is 34.9 Å². The number of aliphatic imine (C=N–C) groups is 1. The molecular formula is C11H17N3. The van der Waals surface area contributed by atoms with Crippen molar-refractivity contribution in [1.29, 1.82) is 0 Å². The van der Waals surface area contributed by atoms with Gasteiger partial charge in [-0.1, -0.05) is 18.2 Å². The Hall–Kier alpha value is -1.35. The van der Waals surface area contributed by atoms with E-state index in [1.54, 1.807) is 7.05 Å². The van der Waals surface area contributed by atoms with Crippen molar-refractivity contribution in [3.8, 4) is 0 Å². The zero-order chi connectivity index (χ0) is 10.6. The van der Waals surface area contributed by atoms with Crippen molar-refractivity contribution >= 4 is 5.84 Å². The monoisotopic (exact) mass is 191 g/mol. The molecule has 0 radical (unpaired) electrons. The second-order valence-corrected chi connectivity index (χ2v) is 3.41. The average Bonchev–Trinajstić information content (AvgIpc) is 2.19. The molecule has 0 amide bonds. The van der Waals surface area contributed by atoms with Gasteiger partial charge in [-0.05, 0) is 30.5 Å². The van der Waals surface area contributed by atoms with E-state index in [2.05, 4.69) is 42.5 Å². The number of hydrogen-bond acceptors (Lipinski definition) is 2. The second-order valence-electron chi connectivity index (χ2n) is 3.41. The van der Waals surface area contributed by atoms with Crippen LogP contribution in [0.1, 0.15) is 16.7 Å². The first-order valence-electron chi connectivity index (χ1n) is 4.65. The molecule has 0 unspecified atom stereocenters. The summed E-state index contributed by atoms with van der Waals surface area (Å²) in [7, 11) is 1.73. The molecule has 0 aliphatic carbocycles.